The lowest BCUT2D eigenvalue weighted by molar-refractivity contribution is 0.563. The summed E-state index contributed by atoms with van der Waals surface area (Å²) in [6.45, 7) is 0. The molecule has 0 N–H and O–H groups in total. The molecule has 1 heterocycles. The van der Waals surface area contributed by atoms with Crippen LogP contribution in [0.4, 0.5) is 0 Å². The van der Waals surface area contributed by atoms with Crippen LogP contribution >= 0.6 is 0 Å². The second-order valence-electron chi connectivity index (χ2n) is 2.25. The van der Waals surface area contributed by atoms with Crippen LogP contribution in [-0.4, -0.2) is 0 Å². The van der Waals surface area contributed by atoms with E-state index in [1.54, 1.807) is 6.26 Å². The van der Waals surface area contributed by atoms with Crippen molar-refractivity contribution in [3.63, 3.8) is 0 Å². The summed E-state index contributed by atoms with van der Waals surface area (Å²) in [5.41, 5.74) is 0.854. The lowest BCUT2D eigenvalue weighted by Crippen LogP contribution is -1.72. The minimum Gasteiger partial charge on any atom is -0.460 e. The number of hydrogen-bond acceptors (Lipinski definition) is 1. The van der Waals surface area contributed by atoms with Crippen LogP contribution in [0, 0.1) is 18.6 Å². The number of fused-ring (bicyclic) bond motifs is 1. The smallest absolute Gasteiger partial charge is 0.177 e. The highest BCUT2D eigenvalue weighted by Gasteiger charge is 1.98. The van der Waals surface area contributed by atoms with E-state index in [9.17, 15) is 0 Å². The first kappa shape index (κ1) is 6.06. The highest BCUT2D eigenvalue weighted by atomic mass is 16.3. The summed E-state index contributed by atoms with van der Waals surface area (Å²) >= 11 is 0. The fourth-order valence-electron chi connectivity index (χ4n) is 1.06. The fraction of sp³-hybridized carbons (Fsp3) is 0. The van der Waals surface area contributed by atoms with E-state index in [0.717, 1.165) is 16.3 Å². The van der Waals surface area contributed by atoms with Gasteiger partial charge in [-0.15, -0.1) is 6.42 Å². The van der Waals surface area contributed by atoms with Gasteiger partial charge in [0.05, 0.1) is 0 Å². The van der Waals surface area contributed by atoms with E-state index in [1.807, 2.05) is 18.2 Å². The maximum absolute atomic E-state index is 5.27. The molecule has 1 radical (unpaired) electrons. The third-order valence-electron chi connectivity index (χ3n) is 1.61. The lowest BCUT2D eigenvalue weighted by Gasteiger charge is -1.89. The van der Waals surface area contributed by atoms with Gasteiger partial charge in [-0.1, -0.05) is 18.1 Å². The molecule has 1 aromatic carbocycles. The topological polar surface area (TPSA) is 13.1 Å². The Morgan fingerprint density at radius 1 is 1.45 bits per heavy atom. The number of benzene rings is 1. The van der Waals surface area contributed by atoms with Gasteiger partial charge in [-0.3, -0.25) is 0 Å². The summed E-state index contributed by atoms with van der Waals surface area (Å²) in [7, 11) is 0. The zero-order valence-electron chi connectivity index (χ0n) is 5.79. The molecule has 0 spiro atoms. The zero-order chi connectivity index (χ0) is 7.68. The molecule has 1 aromatic heterocycles. The molecule has 0 fully saturated rings. The quantitative estimate of drug-likeness (QED) is 0.512. The highest BCUT2D eigenvalue weighted by molar-refractivity contribution is 5.86. The van der Waals surface area contributed by atoms with Crippen LogP contribution in [0.1, 0.15) is 5.56 Å². The average molecular weight is 141 g/mol. The monoisotopic (exact) mass is 141 g/mol. The van der Waals surface area contributed by atoms with Gasteiger partial charge < -0.3 is 4.42 Å². The van der Waals surface area contributed by atoms with Crippen molar-refractivity contribution in [3.05, 3.63) is 36.3 Å². The van der Waals surface area contributed by atoms with Gasteiger partial charge >= 0.3 is 0 Å². The van der Waals surface area contributed by atoms with E-state index < -0.39 is 0 Å². The fourth-order valence-corrected chi connectivity index (χ4v) is 1.06. The van der Waals surface area contributed by atoms with Crippen molar-refractivity contribution in [2.75, 3.05) is 0 Å². The Labute approximate surface area is 64.6 Å². The summed E-state index contributed by atoms with van der Waals surface area (Å²) in [5, 5.41) is 1.88. The minimum absolute atomic E-state index is 0.854. The molecule has 0 aliphatic rings. The molecule has 1 heteroatoms. The Morgan fingerprint density at radius 2 is 2.36 bits per heavy atom. The number of terminal acetylenes is 1. The molecule has 0 atom stereocenters. The Hall–Kier alpha value is -1.68. The summed E-state index contributed by atoms with van der Waals surface area (Å²) < 4.78 is 4.89. The predicted molar refractivity (Wildman–Crippen MR) is 43.0 cm³/mol. The van der Waals surface area contributed by atoms with Gasteiger partial charge in [0, 0.05) is 16.3 Å². The van der Waals surface area contributed by atoms with E-state index in [0.29, 0.717) is 0 Å². The van der Waals surface area contributed by atoms with Crippen molar-refractivity contribution in [1.29, 1.82) is 0 Å². The van der Waals surface area contributed by atoms with Gasteiger partial charge in [0.2, 0.25) is 0 Å². The maximum atomic E-state index is 5.27. The largest absolute Gasteiger partial charge is 0.460 e. The number of rotatable bonds is 0. The Kier molecular flexibility index (Phi) is 1.20. The molecule has 0 unspecified atom stereocenters. The molecular formula is C10H5O. The third-order valence-corrected chi connectivity index (χ3v) is 1.61. The second kappa shape index (κ2) is 2.17. The van der Waals surface area contributed by atoms with Crippen molar-refractivity contribution in [3.8, 4) is 12.3 Å². The van der Waals surface area contributed by atoms with Gasteiger partial charge in [-0.25, -0.2) is 0 Å². The normalized spacial score (nSPS) is 9.73. The molecule has 2 rings (SSSR count). The zero-order valence-corrected chi connectivity index (χ0v) is 5.79. The van der Waals surface area contributed by atoms with Crippen molar-refractivity contribution in [1.82, 2.24) is 0 Å². The summed E-state index contributed by atoms with van der Waals surface area (Å²) in [6, 6.07) is 5.69. The SMILES string of the molecule is C#Cc1cccc2[c]occ12. The first-order valence-electron chi connectivity index (χ1n) is 3.26. The predicted octanol–water partition coefficient (Wildman–Crippen LogP) is 2.21. The van der Waals surface area contributed by atoms with Crippen molar-refractivity contribution in [2.24, 2.45) is 0 Å². The van der Waals surface area contributed by atoms with E-state index in [2.05, 4.69) is 12.2 Å². The minimum atomic E-state index is 0.854. The Bertz CT molecular complexity index is 418. The maximum Gasteiger partial charge on any atom is 0.177 e. The van der Waals surface area contributed by atoms with Crippen LogP contribution in [0.5, 0.6) is 0 Å². The van der Waals surface area contributed by atoms with Gasteiger partial charge in [-0.05, 0) is 6.07 Å². The van der Waals surface area contributed by atoms with Gasteiger partial charge in [-0.2, -0.15) is 0 Å². The van der Waals surface area contributed by atoms with Crippen LogP contribution in [0.25, 0.3) is 10.8 Å². The molecule has 0 aliphatic carbocycles. The lowest BCUT2D eigenvalue weighted by atomic mass is 10.1. The molecule has 0 amide bonds. The first-order chi connectivity index (χ1) is 5.42. The second-order valence-corrected chi connectivity index (χ2v) is 2.25. The summed E-state index contributed by atoms with van der Waals surface area (Å²) in [4.78, 5) is 0. The molecule has 0 saturated carbocycles. The van der Waals surface area contributed by atoms with Crippen LogP contribution in [-0.2, 0) is 0 Å². The van der Waals surface area contributed by atoms with Gasteiger partial charge in [0.15, 0.2) is 6.26 Å². The van der Waals surface area contributed by atoms with Gasteiger partial charge in [0.1, 0.15) is 6.26 Å². The third kappa shape index (κ3) is 0.805. The van der Waals surface area contributed by atoms with Crippen molar-refractivity contribution >= 4 is 10.8 Å². The first-order valence-corrected chi connectivity index (χ1v) is 3.26. The van der Waals surface area contributed by atoms with Gasteiger partial charge in [0.25, 0.3) is 0 Å². The van der Waals surface area contributed by atoms with Crippen molar-refractivity contribution < 1.29 is 4.42 Å². The van der Waals surface area contributed by atoms with E-state index >= 15 is 0 Å². The molecular weight excluding hydrogens is 136 g/mol. The molecule has 0 bridgehead atoms. The van der Waals surface area contributed by atoms with Crippen LogP contribution in [0.3, 0.4) is 0 Å². The summed E-state index contributed by atoms with van der Waals surface area (Å²) in [6.07, 6.45) is 9.61. The standard InChI is InChI=1S/C10H5O/c1-2-8-4-3-5-9-6-11-7-10(8)9/h1,3-5,7H. The number of hydrogen-bond donors (Lipinski definition) is 0. The van der Waals surface area contributed by atoms with Crippen LogP contribution in [0.2, 0.25) is 0 Å². The molecule has 1 nitrogen and oxygen atoms in total. The van der Waals surface area contributed by atoms with Crippen LogP contribution in [0.15, 0.2) is 28.9 Å². The molecule has 51 valence electrons. The van der Waals surface area contributed by atoms with Crippen LogP contribution < -0.4 is 0 Å². The Morgan fingerprint density at radius 3 is 3.18 bits per heavy atom. The average Bonchev–Trinajstić information content (AvgIpc) is 2.50. The van der Waals surface area contributed by atoms with E-state index in [-0.39, 0.29) is 0 Å². The van der Waals surface area contributed by atoms with E-state index in [4.69, 9.17) is 10.8 Å². The molecule has 0 saturated heterocycles. The number of furan rings is 1. The highest BCUT2D eigenvalue weighted by Crippen LogP contribution is 2.17. The van der Waals surface area contributed by atoms with Crippen molar-refractivity contribution in [2.45, 2.75) is 0 Å². The van der Waals surface area contributed by atoms with E-state index in [1.165, 1.54) is 0 Å². The molecule has 11 heavy (non-hydrogen) atoms. The Balaban J connectivity index is 2.92. The molecule has 0 aliphatic heterocycles. The summed E-state index contributed by atoms with van der Waals surface area (Å²) in [5.74, 6) is 2.58. The molecule has 2 aromatic rings.